The Bertz CT molecular complexity index is 203. The highest BCUT2D eigenvalue weighted by atomic mass is 127. The predicted octanol–water partition coefficient (Wildman–Crippen LogP) is 2.91. The molecule has 0 bridgehead atoms. The molecular formula is C8H13IO2S. The van der Waals surface area contributed by atoms with Gasteiger partial charge in [0.2, 0.25) is 0 Å². The van der Waals surface area contributed by atoms with Crippen LogP contribution >= 0.6 is 22.6 Å². The van der Waals surface area contributed by atoms with Crippen molar-refractivity contribution in [2.45, 2.75) is 38.7 Å². The standard InChI is InChI=1S/C8H13IO2S/c1-2-3-4-5-8-7(9)6-12(10)11-8/h6,8H,2-5H2,1H3. The SMILES string of the molecule is CCCCCC1OS(=O)C=C1I. The van der Waals surface area contributed by atoms with Gasteiger partial charge in [-0.25, -0.2) is 4.21 Å². The summed E-state index contributed by atoms with van der Waals surface area (Å²) in [5, 5.41) is 1.69. The summed E-state index contributed by atoms with van der Waals surface area (Å²) in [6, 6.07) is 0. The molecule has 1 aliphatic rings. The highest BCUT2D eigenvalue weighted by Crippen LogP contribution is 2.27. The third kappa shape index (κ3) is 3.14. The van der Waals surface area contributed by atoms with E-state index < -0.39 is 11.1 Å². The molecule has 0 aliphatic carbocycles. The lowest BCUT2D eigenvalue weighted by atomic mass is 10.1. The normalized spacial score (nSPS) is 29.0. The molecule has 0 aromatic rings. The van der Waals surface area contributed by atoms with Crippen LogP contribution in [0.1, 0.15) is 32.6 Å². The molecule has 0 amide bonds. The van der Waals surface area contributed by atoms with E-state index in [-0.39, 0.29) is 6.10 Å². The Hall–Kier alpha value is 0.580. The highest BCUT2D eigenvalue weighted by molar-refractivity contribution is 14.1. The molecular weight excluding hydrogens is 287 g/mol. The van der Waals surface area contributed by atoms with Crippen molar-refractivity contribution in [3.63, 3.8) is 0 Å². The summed E-state index contributed by atoms with van der Waals surface area (Å²) in [5.41, 5.74) is 0. The van der Waals surface area contributed by atoms with Crippen molar-refractivity contribution in [1.29, 1.82) is 0 Å². The molecule has 0 N–H and O–H groups in total. The van der Waals surface area contributed by atoms with E-state index in [4.69, 9.17) is 4.18 Å². The third-order valence-electron chi connectivity index (χ3n) is 1.80. The van der Waals surface area contributed by atoms with Gasteiger partial charge < -0.3 is 0 Å². The first-order chi connectivity index (χ1) is 5.74. The first-order valence-corrected chi connectivity index (χ1v) is 6.40. The Balaban J connectivity index is 2.26. The Morgan fingerprint density at radius 3 is 2.92 bits per heavy atom. The minimum absolute atomic E-state index is 0.109. The monoisotopic (exact) mass is 300 g/mol. The van der Waals surface area contributed by atoms with Crippen molar-refractivity contribution in [3.05, 3.63) is 8.99 Å². The van der Waals surface area contributed by atoms with Gasteiger partial charge in [-0.2, -0.15) is 0 Å². The van der Waals surface area contributed by atoms with E-state index in [9.17, 15) is 4.21 Å². The summed E-state index contributed by atoms with van der Waals surface area (Å²) in [6.45, 7) is 2.18. The number of halogens is 1. The lowest BCUT2D eigenvalue weighted by molar-refractivity contribution is 0.269. The van der Waals surface area contributed by atoms with Crippen LogP contribution in [0.3, 0.4) is 0 Å². The molecule has 0 fully saturated rings. The number of hydrogen-bond donors (Lipinski definition) is 0. The van der Waals surface area contributed by atoms with Crippen molar-refractivity contribution in [2.75, 3.05) is 0 Å². The smallest absolute Gasteiger partial charge is 0.183 e. The van der Waals surface area contributed by atoms with Crippen molar-refractivity contribution >= 4 is 33.7 Å². The molecule has 2 nitrogen and oxygen atoms in total. The topological polar surface area (TPSA) is 26.3 Å². The zero-order chi connectivity index (χ0) is 8.97. The summed E-state index contributed by atoms with van der Waals surface area (Å²) in [7, 11) is 0. The van der Waals surface area contributed by atoms with Gasteiger partial charge in [-0.1, -0.05) is 26.2 Å². The fraction of sp³-hybridized carbons (Fsp3) is 0.750. The van der Waals surface area contributed by atoms with Crippen molar-refractivity contribution in [1.82, 2.24) is 0 Å². The molecule has 2 unspecified atom stereocenters. The summed E-state index contributed by atoms with van der Waals surface area (Å²) < 4.78 is 17.2. The fourth-order valence-corrected chi connectivity index (χ4v) is 3.18. The van der Waals surface area contributed by atoms with Crippen molar-refractivity contribution in [2.24, 2.45) is 0 Å². The Kier molecular flexibility index (Phi) is 4.74. The van der Waals surface area contributed by atoms with E-state index in [2.05, 4.69) is 29.5 Å². The van der Waals surface area contributed by atoms with E-state index in [1.165, 1.54) is 19.3 Å². The zero-order valence-corrected chi connectivity index (χ0v) is 10.1. The van der Waals surface area contributed by atoms with Crippen molar-refractivity contribution in [3.8, 4) is 0 Å². The second kappa shape index (κ2) is 5.34. The van der Waals surface area contributed by atoms with Crippen LogP contribution in [-0.4, -0.2) is 10.3 Å². The van der Waals surface area contributed by atoms with E-state index >= 15 is 0 Å². The predicted molar refractivity (Wildman–Crippen MR) is 59.3 cm³/mol. The molecule has 1 aliphatic heterocycles. The van der Waals surface area contributed by atoms with Gasteiger partial charge in [-0.3, -0.25) is 4.18 Å². The van der Waals surface area contributed by atoms with Gasteiger partial charge in [0.25, 0.3) is 0 Å². The Morgan fingerprint density at radius 2 is 2.42 bits per heavy atom. The van der Waals surface area contributed by atoms with Crippen LogP contribution < -0.4 is 0 Å². The van der Waals surface area contributed by atoms with Gasteiger partial charge in [0.15, 0.2) is 11.1 Å². The maximum absolute atomic E-state index is 10.9. The quantitative estimate of drug-likeness (QED) is 0.589. The van der Waals surface area contributed by atoms with Crippen LogP contribution in [0.5, 0.6) is 0 Å². The lowest BCUT2D eigenvalue weighted by Gasteiger charge is -2.07. The average molecular weight is 300 g/mol. The molecule has 0 saturated carbocycles. The molecule has 0 saturated heterocycles. The van der Waals surface area contributed by atoms with Crippen LogP contribution in [0.15, 0.2) is 8.99 Å². The van der Waals surface area contributed by atoms with Gasteiger partial charge in [-0.15, -0.1) is 0 Å². The van der Waals surface area contributed by atoms with E-state index in [1.807, 2.05) is 0 Å². The van der Waals surface area contributed by atoms with Gasteiger partial charge in [0.05, 0.1) is 0 Å². The van der Waals surface area contributed by atoms with Gasteiger partial charge in [0, 0.05) is 8.99 Å². The molecule has 1 heterocycles. The largest absolute Gasteiger partial charge is 0.278 e. The maximum atomic E-state index is 10.9. The highest BCUT2D eigenvalue weighted by Gasteiger charge is 2.22. The maximum Gasteiger partial charge on any atom is 0.183 e. The fourth-order valence-electron chi connectivity index (χ4n) is 1.12. The molecule has 12 heavy (non-hydrogen) atoms. The number of unbranched alkanes of at least 4 members (excludes halogenated alkanes) is 2. The van der Waals surface area contributed by atoms with Crippen LogP contribution in [0, 0.1) is 0 Å². The molecule has 0 aromatic heterocycles. The van der Waals surface area contributed by atoms with Crippen molar-refractivity contribution < 1.29 is 8.39 Å². The summed E-state index contributed by atoms with van der Waals surface area (Å²) in [4.78, 5) is 0. The second-order valence-electron chi connectivity index (χ2n) is 2.84. The molecule has 2 atom stereocenters. The first-order valence-electron chi connectivity index (χ1n) is 4.19. The third-order valence-corrected chi connectivity index (χ3v) is 4.09. The second-order valence-corrected chi connectivity index (χ2v) is 5.04. The Morgan fingerprint density at radius 1 is 1.67 bits per heavy atom. The van der Waals surface area contributed by atoms with E-state index in [0.717, 1.165) is 10.0 Å². The molecule has 0 spiro atoms. The van der Waals surface area contributed by atoms with Gasteiger partial charge in [-0.05, 0) is 29.0 Å². The van der Waals surface area contributed by atoms with Gasteiger partial charge >= 0.3 is 0 Å². The summed E-state index contributed by atoms with van der Waals surface area (Å²) >= 11 is 1.05. The first kappa shape index (κ1) is 10.7. The zero-order valence-electron chi connectivity index (χ0n) is 7.09. The molecule has 4 heteroatoms. The van der Waals surface area contributed by atoms with Crippen LogP contribution in [0.4, 0.5) is 0 Å². The summed E-state index contributed by atoms with van der Waals surface area (Å²) in [5.74, 6) is 0. The minimum atomic E-state index is -1.16. The number of hydrogen-bond acceptors (Lipinski definition) is 2. The van der Waals surface area contributed by atoms with Crippen LogP contribution in [0.2, 0.25) is 0 Å². The van der Waals surface area contributed by atoms with Gasteiger partial charge in [0.1, 0.15) is 6.10 Å². The minimum Gasteiger partial charge on any atom is -0.278 e. The van der Waals surface area contributed by atoms with Crippen LogP contribution in [0.25, 0.3) is 0 Å². The molecule has 1 rings (SSSR count). The molecule has 70 valence electrons. The molecule has 0 radical (unpaired) electrons. The number of rotatable bonds is 4. The van der Waals surface area contributed by atoms with Crippen LogP contribution in [-0.2, 0) is 15.3 Å². The molecule has 0 aromatic carbocycles. The summed E-state index contributed by atoms with van der Waals surface area (Å²) in [6.07, 6.45) is 4.73. The Labute approximate surface area is 89.6 Å². The lowest BCUT2D eigenvalue weighted by Crippen LogP contribution is -2.06. The van der Waals surface area contributed by atoms with E-state index in [0.29, 0.717) is 0 Å². The average Bonchev–Trinajstić information content (AvgIpc) is 2.31. The van der Waals surface area contributed by atoms with E-state index in [1.54, 1.807) is 5.41 Å².